The molecule has 19 heavy (non-hydrogen) atoms. The summed E-state index contributed by atoms with van der Waals surface area (Å²) in [5.41, 5.74) is 0. The number of likely N-dealkylation sites (N-methyl/N-ethyl adjacent to an activating group) is 1. The van der Waals surface area contributed by atoms with Gasteiger partial charge in [-0.3, -0.25) is 9.58 Å². The second-order valence-electron chi connectivity index (χ2n) is 5.63. The number of nitrogens with zero attached hydrogens (tertiary/aromatic N) is 4. The third-order valence-corrected chi connectivity index (χ3v) is 3.72. The van der Waals surface area contributed by atoms with Crippen molar-refractivity contribution in [3.63, 3.8) is 0 Å². The zero-order valence-electron chi connectivity index (χ0n) is 12.4. The van der Waals surface area contributed by atoms with E-state index in [1.54, 1.807) is 0 Å². The lowest BCUT2D eigenvalue weighted by Crippen LogP contribution is -2.44. The van der Waals surface area contributed by atoms with Gasteiger partial charge in [-0.05, 0) is 26.5 Å². The summed E-state index contributed by atoms with van der Waals surface area (Å²) in [5.74, 6) is 0. The van der Waals surface area contributed by atoms with E-state index in [0.29, 0.717) is 12.1 Å². The van der Waals surface area contributed by atoms with Gasteiger partial charge >= 0.3 is 0 Å². The van der Waals surface area contributed by atoms with E-state index < -0.39 is 0 Å². The molecule has 0 amide bonds. The van der Waals surface area contributed by atoms with E-state index in [9.17, 15) is 0 Å². The van der Waals surface area contributed by atoms with Crippen LogP contribution in [0.15, 0.2) is 18.5 Å². The van der Waals surface area contributed by atoms with Crippen LogP contribution in [0.2, 0.25) is 0 Å². The third-order valence-electron chi connectivity index (χ3n) is 3.72. The molecule has 0 aliphatic carbocycles. The van der Waals surface area contributed by atoms with Gasteiger partial charge in [0.15, 0.2) is 0 Å². The fraction of sp³-hybridized carbons (Fsp3) is 0.786. The monoisotopic (exact) mass is 265 g/mol. The van der Waals surface area contributed by atoms with Crippen molar-refractivity contribution >= 4 is 0 Å². The number of nitrogens with one attached hydrogen (secondary N) is 1. The average molecular weight is 265 g/mol. The van der Waals surface area contributed by atoms with Crippen LogP contribution in [0.5, 0.6) is 0 Å². The van der Waals surface area contributed by atoms with Crippen LogP contribution in [0, 0.1) is 0 Å². The molecule has 2 unspecified atom stereocenters. The molecular weight excluding hydrogens is 238 g/mol. The molecule has 2 atom stereocenters. The molecule has 1 aromatic heterocycles. The van der Waals surface area contributed by atoms with Crippen LogP contribution in [-0.2, 0) is 6.67 Å². The Balaban J connectivity index is 1.97. The standard InChI is InChI=1S/C14H27N5/c1-4-17-8-9-18(12-19-7-5-6-15-19)11-14(3)16-13(2)10-17/h5-7,13-14,16H,4,8-12H2,1-3H3. The van der Waals surface area contributed by atoms with E-state index in [-0.39, 0.29) is 0 Å². The minimum Gasteiger partial charge on any atom is -0.309 e. The van der Waals surface area contributed by atoms with Gasteiger partial charge in [0, 0.05) is 50.7 Å². The van der Waals surface area contributed by atoms with E-state index >= 15 is 0 Å². The summed E-state index contributed by atoms with van der Waals surface area (Å²) in [6.07, 6.45) is 3.88. The van der Waals surface area contributed by atoms with Crippen LogP contribution < -0.4 is 5.32 Å². The molecule has 2 rings (SSSR count). The summed E-state index contributed by atoms with van der Waals surface area (Å²) >= 11 is 0. The first kappa shape index (κ1) is 14.5. The Morgan fingerprint density at radius 1 is 1.16 bits per heavy atom. The summed E-state index contributed by atoms with van der Waals surface area (Å²) < 4.78 is 2.00. The first-order valence-electron chi connectivity index (χ1n) is 7.35. The van der Waals surface area contributed by atoms with Crippen molar-refractivity contribution < 1.29 is 0 Å². The van der Waals surface area contributed by atoms with E-state index in [1.807, 2.05) is 23.1 Å². The Kier molecular flexibility index (Phi) is 5.36. The van der Waals surface area contributed by atoms with Crippen molar-refractivity contribution in [3.05, 3.63) is 18.5 Å². The molecule has 1 aliphatic heterocycles. The first-order valence-corrected chi connectivity index (χ1v) is 7.35. The van der Waals surface area contributed by atoms with Gasteiger partial charge in [-0.25, -0.2) is 0 Å². The molecule has 1 saturated heterocycles. The van der Waals surface area contributed by atoms with Gasteiger partial charge in [-0.15, -0.1) is 0 Å². The van der Waals surface area contributed by atoms with Gasteiger partial charge in [0.1, 0.15) is 0 Å². The highest BCUT2D eigenvalue weighted by Gasteiger charge is 2.18. The van der Waals surface area contributed by atoms with Gasteiger partial charge in [0.05, 0.1) is 6.67 Å². The molecule has 0 radical (unpaired) electrons. The van der Waals surface area contributed by atoms with E-state index in [2.05, 4.69) is 41.0 Å². The average Bonchev–Trinajstić information content (AvgIpc) is 2.86. The van der Waals surface area contributed by atoms with Crippen molar-refractivity contribution in [1.82, 2.24) is 24.9 Å². The minimum atomic E-state index is 0.516. The molecule has 0 spiro atoms. The summed E-state index contributed by atoms with van der Waals surface area (Å²) in [6, 6.07) is 3.06. The first-order chi connectivity index (χ1) is 9.17. The van der Waals surface area contributed by atoms with Gasteiger partial charge in [-0.1, -0.05) is 6.92 Å². The van der Waals surface area contributed by atoms with Gasteiger partial charge in [0.25, 0.3) is 0 Å². The molecule has 1 N–H and O–H groups in total. The zero-order valence-corrected chi connectivity index (χ0v) is 12.4. The zero-order chi connectivity index (χ0) is 13.7. The topological polar surface area (TPSA) is 36.3 Å². The molecule has 0 aromatic carbocycles. The lowest BCUT2D eigenvalue weighted by atomic mass is 10.2. The quantitative estimate of drug-likeness (QED) is 0.879. The van der Waals surface area contributed by atoms with Crippen molar-refractivity contribution in [1.29, 1.82) is 0 Å². The molecule has 1 aliphatic rings. The Labute approximate surface area is 116 Å². The number of aromatic nitrogens is 2. The summed E-state index contributed by atoms with van der Waals surface area (Å²) in [5, 5.41) is 7.99. The predicted molar refractivity (Wildman–Crippen MR) is 78.0 cm³/mol. The Morgan fingerprint density at radius 3 is 2.47 bits per heavy atom. The fourth-order valence-electron chi connectivity index (χ4n) is 2.84. The van der Waals surface area contributed by atoms with E-state index in [0.717, 1.165) is 39.4 Å². The fourth-order valence-corrected chi connectivity index (χ4v) is 2.84. The van der Waals surface area contributed by atoms with Crippen LogP contribution in [0.4, 0.5) is 0 Å². The highest BCUT2D eigenvalue weighted by Crippen LogP contribution is 2.03. The van der Waals surface area contributed by atoms with Crippen molar-refractivity contribution in [2.24, 2.45) is 0 Å². The van der Waals surface area contributed by atoms with Crippen molar-refractivity contribution in [3.8, 4) is 0 Å². The third kappa shape index (κ3) is 4.60. The lowest BCUT2D eigenvalue weighted by molar-refractivity contribution is 0.173. The van der Waals surface area contributed by atoms with Crippen LogP contribution in [0.3, 0.4) is 0 Å². The molecule has 108 valence electrons. The molecule has 2 heterocycles. The lowest BCUT2D eigenvalue weighted by Gasteiger charge is -2.26. The van der Waals surface area contributed by atoms with Gasteiger partial charge in [-0.2, -0.15) is 5.10 Å². The van der Waals surface area contributed by atoms with E-state index in [1.165, 1.54) is 0 Å². The maximum absolute atomic E-state index is 4.31. The normalized spacial score (nSPS) is 27.7. The van der Waals surface area contributed by atoms with Crippen LogP contribution >= 0.6 is 0 Å². The summed E-state index contributed by atoms with van der Waals surface area (Å²) in [7, 11) is 0. The smallest absolute Gasteiger partial charge is 0.0929 e. The van der Waals surface area contributed by atoms with Crippen molar-refractivity contribution in [2.75, 3.05) is 32.7 Å². The number of hydrogen-bond donors (Lipinski definition) is 1. The van der Waals surface area contributed by atoms with E-state index in [4.69, 9.17) is 0 Å². The SMILES string of the molecule is CCN1CCN(Cn2cccn2)CC(C)NC(C)C1. The predicted octanol–water partition coefficient (Wildman–Crippen LogP) is 0.845. The Bertz CT molecular complexity index is 351. The Hall–Kier alpha value is -0.910. The minimum absolute atomic E-state index is 0.516. The van der Waals surface area contributed by atoms with Crippen LogP contribution in [-0.4, -0.2) is 64.4 Å². The summed E-state index contributed by atoms with van der Waals surface area (Å²) in [6.45, 7) is 13.2. The molecule has 1 fully saturated rings. The maximum Gasteiger partial charge on any atom is 0.0929 e. The highest BCUT2D eigenvalue weighted by atomic mass is 15.4. The highest BCUT2D eigenvalue weighted by molar-refractivity contribution is 4.80. The van der Waals surface area contributed by atoms with Gasteiger partial charge < -0.3 is 10.2 Å². The van der Waals surface area contributed by atoms with Crippen LogP contribution in [0.25, 0.3) is 0 Å². The second kappa shape index (κ2) is 7.03. The number of hydrogen-bond acceptors (Lipinski definition) is 4. The molecule has 5 heteroatoms. The molecule has 5 nitrogen and oxygen atoms in total. The Morgan fingerprint density at radius 2 is 1.84 bits per heavy atom. The molecule has 0 saturated carbocycles. The maximum atomic E-state index is 4.31. The molecule has 1 aromatic rings. The van der Waals surface area contributed by atoms with Crippen LogP contribution in [0.1, 0.15) is 20.8 Å². The molecular formula is C14H27N5. The second-order valence-corrected chi connectivity index (χ2v) is 5.63. The molecule has 0 bridgehead atoms. The summed E-state index contributed by atoms with van der Waals surface area (Å²) in [4.78, 5) is 5.00. The van der Waals surface area contributed by atoms with Crippen molar-refractivity contribution in [2.45, 2.75) is 39.5 Å². The largest absolute Gasteiger partial charge is 0.309 e. The van der Waals surface area contributed by atoms with Gasteiger partial charge in [0.2, 0.25) is 0 Å². The number of rotatable bonds is 3.